The molecule has 0 bridgehead atoms. The number of nitrogens with zero attached hydrogens (tertiary/aromatic N) is 1. The summed E-state index contributed by atoms with van der Waals surface area (Å²) in [5.74, 6) is 0. The normalized spacial score (nSPS) is 21.9. The summed E-state index contributed by atoms with van der Waals surface area (Å²) in [6.45, 7) is 0.616. The van der Waals surface area contributed by atoms with Crippen molar-refractivity contribution in [1.82, 2.24) is 4.31 Å². The molecule has 0 aromatic heterocycles. The molecule has 1 atom stereocenters. The van der Waals surface area contributed by atoms with E-state index in [1.54, 1.807) is 22.5 Å². The van der Waals surface area contributed by atoms with Gasteiger partial charge in [-0.2, -0.15) is 4.31 Å². The smallest absolute Gasteiger partial charge is 0.207 e. The summed E-state index contributed by atoms with van der Waals surface area (Å²) in [4.78, 5) is 0.361. The molecule has 0 spiro atoms. The molecule has 6 heteroatoms. The van der Waals surface area contributed by atoms with Crippen LogP contribution in [0.1, 0.15) is 12.8 Å². The van der Waals surface area contributed by atoms with E-state index in [4.69, 9.17) is 0 Å². The van der Waals surface area contributed by atoms with Crippen LogP contribution in [-0.2, 0) is 10.0 Å². The number of hydrogen-bond acceptors (Lipinski definition) is 2. The summed E-state index contributed by atoms with van der Waals surface area (Å²) in [5, 5.41) is 0.695. The van der Waals surface area contributed by atoms with Crippen LogP contribution in [0, 0.1) is 0 Å². The van der Waals surface area contributed by atoms with Gasteiger partial charge >= 0.3 is 0 Å². The van der Waals surface area contributed by atoms with Crippen molar-refractivity contribution < 1.29 is 8.42 Å². The third-order valence-electron chi connectivity index (χ3n) is 2.90. The van der Waals surface area contributed by atoms with Gasteiger partial charge < -0.3 is 0 Å². The summed E-state index contributed by atoms with van der Waals surface area (Å²) in [6.07, 6.45) is 1.86. The van der Waals surface area contributed by atoms with E-state index in [-0.39, 0.29) is 6.04 Å². The van der Waals surface area contributed by atoms with Gasteiger partial charge in [-0.3, -0.25) is 0 Å². The van der Waals surface area contributed by atoms with Gasteiger partial charge in [-0.25, -0.2) is 8.42 Å². The van der Waals surface area contributed by atoms with Gasteiger partial charge in [-0.1, -0.05) is 37.9 Å². The van der Waals surface area contributed by atoms with Gasteiger partial charge in [0.05, 0.1) is 4.90 Å². The number of hydrogen-bond donors (Lipinski definition) is 0. The van der Waals surface area contributed by atoms with Crippen LogP contribution in [0.25, 0.3) is 0 Å². The molecule has 94 valence electrons. The van der Waals surface area contributed by atoms with Gasteiger partial charge in [0.2, 0.25) is 10.0 Å². The Kier molecular flexibility index (Phi) is 4.28. The summed E-state index contributed by atoms with van der Waals surface area (Å²) < 4.78 is 27.3. The van der Waals surface area contributed by atoms with Crippen LogP contribution in [0.4, 0.5) is 0 Å². The molecule has 1 aliphatic heterocycles. The SMILES string of the molecule is O=S(=O)(c1cccc(Br)c1)N1CCCC1CBr. The molecule has 17 heavy (non-hydrogen) atoms. The van der Waals surface area contributed by atoms with Crippen molar-refractivity contribution in [2.75, 3.05) is 11.9 Å². The molecule has 0 aliphatic carbocycles. The van der Waals surface area contributed by atoms with Gasteiger partial charge in [-0.15, -0.1) is 0 Å². The largest absolute Gasteiger partial charge is 0.243 e. The Hall–Kier alpha value is 0.0900. The van der Waals surface area contributed by atoms with Crippen molar-refractivity contribution in [2.45, 2.75) is 23.8 Å². The van der Waals surface area contributed by atoms with Crippen LogP contribution in [0.2, 0.25) is 0 Å². The summed E-state index contributed by atoms with van der Waals surface area (Å²) >= 11 is 6.68. The Morgan fingerprint density at radius 3 is 2.82 bits per heavy atom. The molecule has 3 nitrogen and oxygen atoms in total. The van der Waals surface area contributed by atoms with Crippen LogP contribution in [0.15, 0.2) is 33.6 Å². The van der Waals surface area contributed by atoms with Crippen molar-refractivity contribution in [3.8, 4) is 0 Å². The van der Waals surface area contributed by atoms with Crippen molar-refractivity contribution in [3.05, 3.63) is 28.7 Å². The van der Waals surface area contributed by atoms with Gasteiger partial charge in [-0.05, 0) is 31.0 Å². The molecule has 0 amide bonds. The maximum absolute atomic E-state index is 12.4. The van der Waals surface area contributed by atoms with E-state index in [0.717, 1.165) is 17.3 Å². The third-order valence-corrected chi connectivity index (χ3v) is 6.09. The van der Waals surface area contributed by atoms with Gasteiger partial charge in [0.25, 0.3) is 0 Å². The zero-order valence-electron chi connectivity index (χ0n) is 9.14. The number of sulfonamides is 1. The van der Waals surface area contributed by atoms with E-state index >= 15 is 0 Å². The lowest BCUT2D eigenvalue weighted by atomic mass is 10.3. The predicted molar refractivity (Wildman–Crippen MR) is 74.8 cm³/mol. The first-order valence-electron chi connectivity index (χ1n) is 5.39. The highest BCUT2D eigenvalue weighted by Gasteiger charge is 2.34. The van der Waals surface area contributed by atoms with E-state index in [1.807, 2.05) is 6.07 Å². The van der Waals surface area contributed by atoms with E-state index < -0.39 is 10.0 Å². The van der Waals surface area contributed by atoms with Crippen molar-refractivity contribution >= 4 is 41.9 Å². The first-order valence-corrected chi connectivity index (χ1v) is 8.74. The average Bonchev–Trinajstić information content (AvgIpc) is 2.77. The number of halogens is 2. The van der Waals surface area contributed by atoms with E-state index in [2.05, 4.69) is 31.9 Å². The zero-order valence-corrected chi connectivity index (χ0v) is 13.1. The van der Waals surface area contributed by atoms with Crippen LogP contribution >= 0.6 is 31.9 Å². The molecule has 1 aromatic rings. The molecule has 1 aliphatic rings. The Labute approximate surface area is 119 Å². The second-order valence-electron chi connectivity index (χ2n) is 4.02. The number of benzene rings is 1. The molecular formula is C11H13Br2NO2S. The summed E-state index contributed by atoms with van der Waals surface area (Å²) in [5.41, 5.74) is 0. The molecule has 0 radical (unpaired) electrons. The molecule has 0 N–H and O–H groups in total. The van der Waals surface area contributed by atoms with Crippen LogP contribution in [0.3, 0.4) is 0 Å². The van der Waals surface area contributed by atoms with Gasteiger partial charge in [0.15, 0.2) is 0 Å². The lowest BCUT2D eigenvalue weighted by Gasteiger charge is -2.22. The Bertz CT molecular complexity index is 504. The fourth-order valence-corrected chi connectivity index (χ4v) is 5.20. The highest BCUT2D eigenvalue weighted by Crippen LogP contribution is 2.28. The number of alkyl halides is 1. The third kappa shape index (κ3) is 2.75. The minimum Gasteiger partial charge on any atom is -0.207 e. The van der Waals surface area contributed by atoms with Crippen LogP contribution in [0.5, 0.6) is 0 Å². The maximum atomic E-state index is 12.4. The summed E-state index contributed by atoms with van der Waals surface area (Å²) in [6, 6.07) is 6.95. The highest BCUT2D eigenvalue weighted by molar-refractivity contribution is 9.10. The Balaban J connectivity index is 2.36. The minimum absolute atomic E-state index is 0.0824. The van der Waals surface area contributed by atoms with Crippen molar-refractivity contribution in [2.24, 2.45) is 0 Å². The minimum atomic E-state index is -3.35. The van der Waals surface area contributed by atoms with E-state index in [0.29, 0.717) is 16.8 Å². The van der Waals surface area contributed by atoms with Crippen LogP contribution in [-0.4, -0.2) is 30.6 Å². The second-order valence-corrected chi connectivity index (χ2v) is 7.48. The molecular weight excluding hydrogens is 370 g/mol. The van der Waals surface area contributed by atoms with Gasteiger partial charge in [0.1, 0.15) is 0 Å². The first-order chi connectivity index (χ1) is 8.05. The fourth-order valence-electron chi connectivity index (χ4n) is 2.04. The molecule has 2 rings (SSSR count). The van der Waals surface area contributed by atoms with Crippen molar-refractivity contribution in [1.29, 1.82) is 0 Å². The Morgan fingerprint density at radius 2 is 2.18 bits per heavy atom. The van der Waals surface area contributed by atoms with Crippen molar-refractivity contribution in [3.63, 3.8) is 0 Å². The molecule has 1 fully saturated rings. The zero-order chi connectivity index (χ0) is 12.5. The van der Waals surface area contributed by atoms with E-state index in [9.17, 15) is 8.42 Å². The second kappa shape index (κ2) is 5.38. The quantitative estimate of drug-likeness (QED) is 0.753. The summed E-state index contributed by atoms with van der Waals surface area (Å²) in [7, 11) is -3.35. The Morgan fingerprint density at radius 1 is 1.41 bits per heavy atom. The monoisotopic (exact) mass is 381 g/mol. The topological polar surface area (TPSA) is 37.4 Å². The van der Waals surface area contributed by atoms with Gasteiger partial charge in [0, 0.05) is 22.4 Å². The molecule has 1 heterocycles. The van der Waals surface area contributed by atoms with Crippen LogP contribution < -0.4 is 0 Å². The molecule has 1 unspecified atom stereocenters. The fraction of sp³-hybridized carbons (Fsp3) is 0.455. The first kappa shape index (κ1) is 13.5. The highest BCUT2D eigenvalue weighted by atomic mass is 79.9. The molecule has 0 saturated carbocycles. The number of rotatable bonds is 3. The predicted octanol–water partition coefficient (Wildman–Crippen LogP) is 3.00. The lowest BCUT2D eigenvalue weighted by molar-refractivity contribution is 0.413. The molecule has 1 aromatic carbocycles. The standard InChI is InChI=1S/C11H13Br2NO2S/c12-8-10-4-2-6-14(10)17(15,16)11-5-1-3-9(13)7-11/h1,3,5,7,10H,2,4,6,8H2. The molecule has 1 saturated heterocycles. The maximum Gasteiger partial charge on any atom is 0.243 e. The average molecular weight is 383 g/mol. The van der Waals surface area contributed by atoms with E-state index in [1.165, 1.54) is 0 Å². The lowest BCUT2D eigenvalue weighted by Crippen LogP contribution is -2.36.